The highest BCUT2D eigenvalue weighted by molar-refractivity contribution is 5.92. The molecule has 150 valence electrons. The van der Waals surface area contributed by atoms with Gasteiger partial charge in [-0.25, -0.2) is 0 Å². The van der Waals surface area contributed by atoms with E-state index in [1.54, 1.807) is 7.11 Å². The van der Waals surface area contributed by atoms with Gasteiger partial charge in [0.25, 0.3) is 0 Å². The van der Waals surface area contributed by atoms with Crippen LogP contribution < -0.4 is 15.0 Å². The van der Waals surface area contributed by atoms with E-state index in [0.717, 1.165) is 49.0 Å². The molecular formula is C22H29N3O3. The minimum Gasteiger partial charge on any atom is -0.496 e. The number of likely N-dealkylation sites (N-methyl/N-ethyl adjacent to an activating group) is 1. The summed E-state index contributed by atoms with van der Waals surface area (Å²) < 4.78 is 10.8. The Kier molecular flexibility index (Phi) is 6.90. The summed E-state index contributed by atoms with van der Waals surface area (Å²) in [5.74, 6) is 0.810. The number of methoxy groups -OCH3 is 1. The van der Waals surface area contributed by atoms with Gasteiger partial charge in [0.1, 0.15) is 5.75 Å². The highest BCUT2D eigenvalue weighted by Gasteiger charge is 2.13. The van der Waals surface area contributed by atoms with E-state index in [-0.39, 0.29) is 5.91 Å². The Morgan fingerprint density at radius 1 is 1.18 bits per heavy atom. The minimum atomic E-state index is -0.0340. The number of carbonyl (C=O) groups is 1. The fourth-order valence-corrected chi connectivity index (χ4v) is 3.40. The van der Waals surface area contributed by atoms with Crippen LogP contribution >= 0.6 is 0 Å². The van der Waals surface area contributed by atoms with Gasteiger partial charge in [-0.2, -0.15) is 0 Å². The first-order valence-corrected chi connectivity index (χ1v) is 9.60. The fourth-order valence-electron chi connectivity index (χ4n) is 3.40. The van der Waals surface area contributed by atoms with Crippen molar-refractivity contribution in [2.24, 2.45) is 0 Å². The largest absolute Gasteiger partial charge is 0.496 e. The van der Waals surface area contributed by atoms with Gasteiger partial charge in [0, 0.05) is 36.6 Å². The Balaban J connectivity index is 1.52. The first kappa shape index (κ1) is 20.2. The zero-order valence-corrected chi connectivity index (χ0v) is 16.9. The van der Waals surface area contributed by atoms with E-state index < -0.39 is 0 Å². The van der Waals surface area contributed by atoms with Crippen molar-refractivity contribution < 1.29 is 14.3 Å². The van der Waals surface area contributed by atoms with Crippen LogP contribution in [0.4, 0.5) is 11.4 Å². The fraction of sp³-hybridized carbons (Fsp3) is 0.409. The second kappa shape index (κ2) is 9.57. The molecule has 6 heteroatoms. The number of nitrogens with one attached hydrogen (secondary N) is 1. The second-order valence-electron chi connectivity index (χ2n) is 7.18. The van der Waals surface area contributed by atoms with Crippen molar-refractivity contribution >= 4 is 17.3 Å². The van der Waals surface area contributed by atoms with Gasteiger partial charge in [0.05, 0.1) is 26.9 Å². The highest BCUT2D eigenvalue weighted by Crippen LogP contribution is 2.21. The molecule has 0 aromatic heterocycles. The number of nitrogens with zero attached hydrogens (tertiary/aromatic N) is 2. The van der Waals surface area contributed by atoms with Crippen LogP contribution in [0.5, 0.6) is 5.75 Å². The average Bonchev–Trinajstić information content (AvgIpc) is 2.69. The SMILES string of the molecule is COc1ccc(C)cc1CN(C)CC(=O)Nc1ccc(N2CCOCC2)cc1. The van der Waals surface area contributed by atoms with Gasteiger partial charge >= 0.3 is 0 Å². The molecule has 0 unspecified atom stereocenters. The van der Waals surface area contributed by atoms with Crippen molar-refractivity contribution in [3.05, 3.63) is 53.6 Å². The Morgan fingerprint density at radius 3 is 2.57 bits per heavy atom. The molecule has 2 aromatic carbocycles. The van der Waals surface area contributed by atoms with Crippen LogP contribution in [0.15, 0.2) is 42.5 Å². The van der Waals surface area contributed by atoms with Crippen LogP contribution in [0, 0.1) is 6.92 Å². The molecule has 0 bridgehead atoms. The number of rotatable bonds is 7. The lowest BCUT2D eigenvalue weighted by Crippen LogP contribution is -2.36. The summed E-state index contributed by atoms with van der Waals surface area (Å²) in [7, 11) is 3.60. The summed E-state index contributed by atoms with van der Waals surface area (Å²) in [5.41, 5.74) is 4.22. The lowest BCUT2D eigenvalue weighted by molar-refractivity contribution is -0.117. The highest BCUT2D eigenvalue weighted by atomic mass is 16.5. The topological polar surface area (TPSA) is 54.0 Å². The third-order valence-corrected chi connectivity index (χ3v) is 4.82. The van der Waals surface area contributed by atoms with Crippen molar-refractivity contribution in [3.8, 4) is 5.75 Å². The Morgan fingerprint density at radius 2 is 1.89 bits per heavy atom. The number of anilines is 2. The number of carbonyl (C=O) groups excluding carboxylic acids is 1. The third kappa shape index (κ3) is 5.47. The molecule has 1 amide bonds. The third-order valence-electron chi connectivity index (χ3n) is 4.82. The van der Waals surface area contributed by atoms with Crippen LogP contribution in [-0.2, 0) is 16.1 Å². The summed E-state index contributed by atoms with van der Waals surface area (Å²) in [6.45, 7) is 6.33. The molecule has 1 N–H and O–H groups in total. The lowest BCUT2D eigenvalue weighted by atomic mass is 10.1. The summed E-state index contributed by atoms with van der Waals surface area (Å²) in [5, 5.41) is 2.97. The number of hydrogen-bond acceptors (Lipinski definition) is 5. The molecule has 1 saturated heterocycles. The molecular weight excluding hydrogens is 354 g/mol. The van der Waals surface area contributed by atoms with Gasteiger partial charge in [0.2, 0.25) is 5.91 Å². The first-order valence-electron chi connectivity index (χ1n) is 9.60. The number of morpholine rings is 1. The smallest absolute Gasteiger partial charge is 0.238 e. The molecule has 0 radical (unpaired) electrons. The van der Waals surface area contributed by atoms with E-state index in [0.29, 0.717) is 13.1 Å². The van der Waals surface area contributed by atoms with Crippen molar-refractivity contribution in [1.82, 2.24) is 4.90 Å². The maximum atomic E-state index is 12.4. The summed E-state index contributed by atoms with van der Waals surface area (Å²) in [6, 6.07) is 14.1. The number of aryl methyl sites for hydroxylation is 1. The van der Waals surface area contributed by atoms with E-state index in [1.807, 2.05) is 48.3 Å². The number of ether oxygens (including phenoxy) is 2. The standard InChI is InChI=1S/C22H29N3O3/c1-17-4-9-21(27-3)18(14-17)15-24(2)16-22(26)23-19-5-7-20(8-6-19)25-10-12-28-13-11-25/h4-9,14H,10-13,15-16H2,1-3H3,(H,23,26). The van der Waals surface area contributed by atoms with Crippen LogP contribution in [-0.4, -0.2) is 57.8 Å². The van der Waals surface area contributed by atoms with E-state index in [4.69, 9.17) is 9.47 Å². The molecule has 0 saturated carbocycles. The van der Waals surface area contributed by atoms with E-state index in [2.05, 4.69) is 23.2 Å². The van der Waals surface area contributed by atoms with E-state index in [9.17, 15) is 4.79 Å². The van der Waals surface area contributed by atoms with Crippen molar-refractivity contribution in [2.45, 2.75) is 13.5 Å². The van der Waals surface area contributed by atoms with Crippen molar-refractivity contribution in [3.63, 3.8) is 0 Å². The molecule has 6 nitrogen and oxygen atoms in total. The molecule has 1 fully saturated rings. The number of hydrogen-bond donors (Lipinski definition) is 1. The van der Waals surface area contributed by atoms with E-state index in [1.165, 1.54) is 5.56 Å². The zero-order valence-electron chi connectivity index (χ0n) is 16.9. The number of amides is 1. The molecule has 1 heterocycles. The van der Waals surface area contributed by atoms with Gasteiger partial charge < -0.3 is 19.7 Å². The first-order chi connectivity index (χ1) is 13.5. The van der Waals surface area contributed by atoms with Crippen LogP contribution in [0.25, 0.3) is 0 Å². The van der Waals surface area contributed by atoms with Crippen LogP contribution in [0.1, 0.15) is 11.1 Å². The van der Waals surface area contributed by atoms with Gasteiger partial charge in [0.15, 0.2) is 0 Å². The second-order valence-corrected chi connectivity index (χ2v) is 7.18. The predicted octanol–water partition coefficient (Wildman–Crippen LogP) is 2.91. The Labute approximate surface area is 167 Å². The zero-order chi connectivity index (χ0) is 19.9. The predicted molar refractivity (Wildman–Crippen MR) is 112 cm³/mol. The monoisotopic (exact) mass is 383 g/mol. The summed E-state index contributed by atoms with van der Waals surface area (Å²) >= 11 is 0. The molecule has 1 aliphatic rings. The molecule has 3 rings (SSSR count). The van der Waals surface area contributed by atoms with E-state index >= 15 is 0 Å². The van der Waals surface area contributed by atoms with Crippen molar-refractivity contribution in [1.29, 1.82) is 0 Å². The molecule has 2 aromatic rings. The maximum Gasteiger partial charge on any atom is 0.238 e. The minimum absolute atomic E-state index is 0.0340. The normalized spacial score (nSPS) is 14.2. The average molecular weight is 383 g/mol. The molecule has 0 aliphatic carbocycles. The Hall–Kier alpha value is -2.57. The van der Waals surface area contributed by atoms with Gasteiger partial charge in [-0.15, -0.1) is 0 Å². The molecule has 28 heavy (non-hydrogen) atoms. The molecule has 1 aliphatic heterocycles. The summed E-state index contributed by atoms with van der Waals surface area (Å²) in [6.07, 6.45) is 0. The molecule has 0 spiro atoms. The Bertz CT molecular complexity index is 786. The lowest BCUT2D eigenvalue weighted by Gasteiger charge is -2.28. The quantitative estimate of drug-likeness (QED) is 0.797. The van der Waals surface area contributed by atoms with Crippen LogP contribution in [0.2, 0.25) is 0 Å². The van der Waals surface area contributed by atoms with Gasteiger partial charge in [-0.3, -0.25) is 9.69 Å². The van der Waals surface area contributed by atoms with Crippen LogP contribution in [0.3, 0.4) is 0 Å². The van der Waals surface area contributed by atoms with Gasteiger partial charge in [-0.05, 0) is 44.3 Å². The van der Waals surface area contributed by atoms with Crippen molar-refractivity contribution in [2.75, 3.05) is 57.2 Å². The summed E-state index contributed by atoms with van der Waals surface area (Å²) in [4.78, 5) is 16.7. The molecule has 0 atom stereocenters. The maximum absolute atomic E-state index is 12.4. The van der Waals surface area contributed by atoms with Gasteiger partial charge in [-0.1, -0.05) is 17.7 Å². The number of benzene rings is 2.